The molecule has 1 fully saturated rings. The van der Waals surface area contributed by atoms with Crippen LogP contribution in [0.2, 0.25) is 0 Å². The van der Waals surface area contributed by atoms with Crippen LogP contribution in [-0.2, 0) is 18.5 Å². The standard InChI is InChI=1S/C17H33NO5S/c1-16(2,3)22-15(20)18-11-12(10-13(18)14(19)21-7)23-24(8,9)17(4,5)6/h12-13H,10-11H2,1-9H3/t12-,13-/m0/s1. The van der Waals surface area contributed by atoms with Gasteiger partial charge in [0.1, 0.15) is 11.6 Å². The van der Waals surface area contributed by atoms with Gasteiger partial charge < -0.3 is 13.7 Å². The van der Waals surface area contributed by atoms with Crippen LogP contribution >= 0.6 is 10.3 Å². The number of rotatable bonds is 3. The summed E-state index contributed by atoms with van der Waals surface area (Å²) >= 11 is 0. The number of likely N-dealkylation sites (tertiary alicyclic amines) is 1. The van der Waals surface area contributed by atoms with Crippen molar-refractivity contribution in [3.05, 3.63) is 0 Å². The average molecular weight is 364 g/mol. The fourth-order valence-electron chi connectivity index (χ4n) is 2.23. The molecule has 0 N–H and O–H groups in total. The second-order valence-electron chi connectivity index (χ2n) is 8.47. The van der Waals surface area contributed by atoms with Gasteiger partial charge in [-0.2, -0.15) is 0 Å². The van der Waals surface area contributed by atoms with Gasteiger partial charge in [-0.05, 0) is 33.3 Å². The number of ether oxygens (including phenoxy) is 2. The SMILES string of the molecule is COC(=O)[C@@H]1C[C@H](OS(C)(C)C(C)(C)C)CN1C(=O)OC(C)(C)C. The Morgan fingerprint density at radius 3 is 2.04 bits per heavy atom. The molecule has 0 bridgehead atoms. The average Bonchev–Trinajstić information content (AvgIpc) is 2.77. The number of hydrogen-bond acceptors (Lipinski definition) is 5. The van der Waals surface area contributed by atoms with Crippen molar-refractivity contribution in [2.24, 2.45) is 0 Å². The van der Waals surface area contributed by atoms with E-state index in [2.05, 4.69) is 33.3 Å². The van der Waals surface area contributed by atoms with Crippen molar-refractivity contribution in [2.45, 2.75) is 70.5 Å². The minimum absolute atomic E-state index is 0.00704. The first kappa shape index (κ1) is 21.1. The van der Waals surface area contributed by atoms with E-state index >= 15 is 0 Å². The molecule has 0 saturated carbocycles. The van der Waals surface area contributed by atoms with E-state index in [9.17, 15) is 9.59 Å². The van der Waals surface area contributed by atoms with Crippen LogP contribution in [0, 0.1) is 0 Å². The van der Waals surface area contributed by atoms with E-state index in [4.69, 9.17) is 13.7 Å². The summed E-state index contributed by atoms with van der Waals surface area (Å²) in [6.45, 7) is 12.2. The Kier molecular flexibility index (Phi) is 6.26. The van der Waals surface area contributed by atoms with E-state index in [0.717, 1.165) is 0 Å². The van der Waals surface area contributed by atoms with Gasteiger partial charge in [0, 0.05) is 11.2 Å². The summed E-state index contributed by atoms with van der Waals surface area (Å²) in [5, 5.41) is 0. The third-order valence-corrected chi connectivity index (χ3v) is 7.92. The van der Waals surface area contributed by atoms with Gasteiger partial charge in [0.2, 0.25) is 0 Å². The van der Waals surface area contributed by atoms with Crippen molar-refractivity contribution in [3.8, 4) is 0 Å². The second-order valence-corrected chi connectivity index (χ2v) is 12.4. The first-order valence-corrected chi connectivity index (χ1v) is 10.5. The molecule has 0 spiro atoms. The van der Waals surface area contributed by atoms with E-state index in [1.807, 2.05) is 0 Å². The highest BCUT2D eigenvalue weighted by Gasteiger charge is 2.45. The van der Waals surface area contributed by atoms with Gasteiger partial charge in [0.15, 0.2) is 0 Å². The van der Waals surface area contributed by atoms with E-state index in [1.54, 1.807) is 20.8 Å². The molecule has 0 aromatic heterocycles. The molecule has 0 aliphatic carbocycles. The molecule has 1 rings (SSSR count). The molecular weight excluding hydrogens is 330 g/mol. The summed E-state index contributed by atoms with van der Waals surface area (Å²) in [7, 11) is -0.0246. The molecule has 1 aliphatic heterocycles. The number of methoxy groups -OCH3 is 1. The predicted octanol–water partition coefficient (Wildman–Crippen LogP) is 3.33. The highest BCUT2D eigenvalue weighted by Crippen LogP contribution is 2.55. The van der Waals surface area contributed by atoms with Gasteiger partial charge in [0.05, 0.1) is 19.8 Å². The molecule has 1 heterocycles. The van der Waals surface area contributed by atoms with Crippen LogP contribution < -0.4 is 0 Å². The first-order chi connectivity index (χ1) is 10.7. The van der Waals surface area contributed by atoms with Gasteiger partial charge >= 0.3 is 12.1 Å². The second kappa shape index (κ2) is 7.12. The molecule has 6 nitrogen and oxygen atoms in total. The van der Waals surface area contributed by atoms with Crippen LogP contribution in [-0.4, -0.2) is 65.6 Å². The monoisotopic (exact) mass is 363 g/mol. The number of carbonyl (C=O) groups is 2. The van der Waals surface area contributed by atoms with Gasteiger partial charge in [0.25, 0.3) is 0 Å². The fourth-order valence-corrected chi connectivity index (χ4v) is 3.34. The first-order valence-electron chi connectivity index (χ1n) is 8.16. The number of amides is 1. The Hall–Kier alpha value is -0.950. The molecule has 142 valence electrons. The molecule has 0 aromatic rings. The number of carbonyl (C=O) groups excluding carboxylic acids is 2. The van der Waals surface area contributed by atoms with Crippen LogP contribution in [0.5, 0.6) is 0 Å². The van der Waals surface area contributed by atoms with Crippen molar-refractivity contribution in [2.75, 3.05) is 26.2 Å². The van der Waals surface area contributed by atoms with E-state index in [1.165, 1.54) is 12.0 Å². The lowest BCUT2D eigenvalue weighted by Crippen LogP contribution is -2.44. The smallest absolute Gasteiger partial charge is 0.411 e. The molecule has 1 aliphatic rings. The molecule has 1 saturated heterocycles. The zero-order valence-corrected chi connectivity index (χ0v) is 17.3. The highest BCUT2D eigenvalue weighted by atomic mass is 32.3. The molecule has 1 amide bonds. The molecule has 24 heavy (non-hydrogen) atoms. The Labute approximate surface area is 147 Å². The number of esters is 1. The fraction of sp³-hybridized carbons (Fsp3) is 0.882. The van der Waals surface area contributed by atoms with Crippen molar-refractivity contribution >= 4 is 22.4 Å². The van der Waals surface area contributed by atoms with Gasteiger partial charge in [-0.3, -0.25) is 4.90 Å². The van der Waals surface area contributed by atoms with Crippen LogP contribution in [0.3, 0.4) is 0 Å². The normalized spacial score (nSPS) is 23.1. The van der Waals surface area contributed by atoms with Crippen LogP contribution in [0.25, 0.3) is 0 Å². The topological polar surface area (TPSA) is 65.1 Å². The minimum Gasteiger partial charge on any atom is -0.467 e. The Bertz CT molecular complexity index is 478. The summed E-state index contributed by atoms with van der Waals surface area (Å²) in [6, 6.07) is -0.662. The van der Waals surface area contributed by atoms with Crippen LogP contribution in [0.4, 0.5) is 4.79 Å². The Balaban J connectivity index is 2.92. The Morgan fingerprint density at radius 2 is 1.62 bits per heavy atom. The zero-order chi connectivity index (χ0) is 18.9. The summed E-state index contributed by atoms with van der Waals surface area (Å²) in [5.74, 6) is -0.435. The predicted molar refractivity (Wildman–Crippen MR) is 97.4 cm³/mol. The lowest BCUT2D eigenvalue weighted by atomic mass is 10.2. The maximum atomic E-state index is 12.4. The largest absolute Gasteiger partial charge is 0.467 e. The third-order valence-electron chi connectivity index (χ3n) is 4.22. The third kappa shape index (κ3) is 5.28. The molecule has 0 unspecified atom stereocenters. The van der Waals surface area contributed by atoms with Gasteiger partial charge in [-0.1, -0.05) is 20.8 Å². The van der Waals surface area contributed by atoms with E-state index < -0.39 is 34.0 Å². The van der Waals surface area contributed by atoms with Crippen molar-refractivity contribution in [3.63, 3.8) is 0 Å². The van der Waals surface area contributed by atoms with Crippen LogP contribution in [0.1, 0.15) is 48.0 Å². The van der Waals surface area contributed by atoms with E-state index in [-0.39, 0.29) is 10.9 Å². The van der Waals surface area contributed by atoms with Crippen molar-refractivity contribution in [1.29, 1.82) is 0 Å². The van der Waals surface area contributed by atoms with Gasteiger partial charge in [-0.25, -0.2) is 9.59 Å². The molecule has 2 atom stereocenters. The molecule has 0 radical (unpaired) electrons. The summed E-state index contributed by atoms with van der Waals surface area (Å²) in [5.41, 5.74) is -0.618. The molecule has 7 heteroatoms. The summed E-state index contributed by atoms with van der Waals surface area (Å²) in [6.07, 6.45) is 3.93. The molecule has 0 aromatic carbocycles. The molecular formula is C17H33NO5S. The lowest BCUT2D eigenvalue weighted by Gasteiger charge is -2.45. The van der Waals surface area contributed by atoms with Crippen LogP contribution in [0.15, 0.2) is 0 Å². The number of hydrogen-bond donors (Lipinski definition) is 0. The van der Waals surface area contributed by atoms with Crippen molar-refractivity contribution in [1.82, 2.24) is 4.90 Å². The number of nitrogens with zero attached hydrogens (tertiary/aromatic N) is 1. The zero-order valence-electron chi connectivity index (χ0n) is 16.5. The highest BCUT2D eigenvalue weighted by molar-refractivity contribution is 8.29. The van der Waals surface area contributed by atoms with Crippen molar-refractivity contribution < 1.29 is 23.2 Å². The maximum absolute atomic E-state index is 12.4. The quantitative estimate of drug-likeness (QED) is 0.720. The lowest BCUT2D eigenvalue weighted by molar-refractivity contribution is -0.145. The van der Waals surface area contributed by atoms with Gasteiger partial charge in [-0.15, -0.1) is 10.3 Å². The summed E-state index contributed by atoms with van der Waals surface area (Å²) < 4.78 is 16.6. The van der Waals surface area contributed by atoms with E-state index in [0.29, 0.717) is 13.0 Å². The Morgan fingerprint density at radius 1 is 1.08 bits per heavy atom. The summed E-state index contributed by atoms with van der Waals surface area (Å²) in [4.78, 5) is 26.0. The maximum Gasteiger partial charge on any atom is 0.411 e. The minimum atomic E-state index is -1.35.